The van der Waals surface area contributed by atoms with E-state index in [1.807, 2.05) is 24.3 Å². The van der Waals surface area contributed by atoms with Crippen LogP contribution < -0.4 is 5.32 Å². The Hall–Kier alpha value is -3.22. The van der Waals surface area contributed by atoms with Crippen LogP contribution in [-0.2, 0) is 9.59 Å². The van der Waals surface area contributed by atoms with E-state index in [2.05, 4.69) is 10.3 Å². The molecule has 4 rings (SSSR count). The highest BCUT2D eigenvalue weighted by Gasteiger charge is 2.39. The lowest BCUT2D eigenvalue weighted by molar-refractivity contribution is -0.142. The van der Waals surface area contributed by atoms with E-state index in [0.29, 0.717) is 23.5 Å². The first kappa shape index (κ1) is 19.1. The third kappa shape index (κ3) is 3.72. The van der Waals surface area contributed by atoms with Crippen molar-refractivity contribution < 1.29 is 18.4 Å². The summed E-state index contributed by atoms with van der Waals surface area (Å²) in [4.78, 5) is 31.3. The number of nitrogens with one attached hydrogen (secondary N) is 1. The van der Waals surface area contributed by atoms with Crippen molar-refractivity contribution >= 4 is 22.9 Å². The van der Waals surface area contributed by atoms with Gasteiger partial charge < -0.3 is 14.6 Å². The minimum Gasteiger partial charge on any atom is -0.438 e. The average Bonchev–Trinajstić information content (AvgIpc) is 3.14. The van der Waals surface area contributed by atoms with Crippen molar-refractivity contribution in [3.8, 4) is 0 Å². The standard InChI is InChI=1S/C22H22FN3O3/c1-13(22-25-17-8-3-4-9-18(17)29-22)24-21(28)16-10-11-19(27)26(2)20(16)14-6-5-7-15(23)12-14/h3-9,12-13,16,20H,10-11H2,1-2H3,(H,24,28). The number of amides is 2. The van der Waals surface area contributed by atoms with Crippen molar-refractivity contribution in [3.05, 3.63) is 65.8 Å². The predicted octanol–water partition coefficient (Wildman–Crippen LogP) is 3.75. The Kier molecular flexibility index (Phi) is 5.05. The number of aromatic nitrogens is 1. The lowest BCUT2D eigenvalue weighted by Gasteiger charge is -2.38. The summed E-state index contributed by atoms with van der Waals surface area (Å²) in [6.07, 6.45) is 0.675. The first-order chi connectivity index (χ1) is 13.9. The number of nitrogens with zero attached hydrogens (tertiary/aromatic N) is 2. The molecule has 2 amide bonds. The molecule has 0 saturated carbocycles. The van der Waals surface area contributed by atoms with Gasteiger partial charge in [-0.15, -0.1) is 0 Å². The molecule has 3 aromatic rings. The number of benzene rings is 2. The number of oxazole rings is 1. The molecule has 1 N–H and O–H groups in total. The molecular weight excluding hydrogens is 373 g/mol. The van der Waals surface area contributed by atoms with E-state index < -0.39 is 23.8 Å². The highest BCUT2D eigenvalue weighted by atomic mass is 19.1. The van der Waals surface area contributed by atoms with Crippen LogP contribution >= 0.6 is 0 Å². The molecule has 2 heterocycles. The maximum absolute atomic E-state index is 13.8. The van der Waals surface area contributed by atoms with Crippen LogP contribution in [0.4, 0.5) is 4.39 Å². The maximum atomic E-state index is 13.8. The van der Waals surface area contributed by atoms with Gasteiger partial charge in [-0.2, -0.15) is 0 Å². The smallest absolute Gasteiger partial charge is 0.226 e. The van der Waals surface area contributed by atoms with Gasteiger partial charge in [-0.1, -0.05) is 24.3 Å². The number of rotatable bonds is 4. The van der Waals surface area contributed by atoms with E-state index in [4.69, 9.17) is 4.42 Å². The second-order valence-electron chi connectivity index (χ2n) is 7.40. The number of hydrogen-bond donors (Lipinski definition) is 1. The monoisotopic (exact) mass is 395 g/mol. The maximum Gasteiger partial charge on any atom is 0.226 e. The fourth-order valence-corrected chi connectivity index (χ4v) is 3.92. The molecule has 1 aromatic heterocycles. The van der Waals surface area contributed by atoms with Gasteiger partial charge in [0.2, 0.25) is 17.7 Å². The van der Waals surface area contributed by atoms with Gasteiger partial charge in [0, 0.05) is 13.5 Å². The fourth-order valence-electron chi connectivity index (χ4n) is 3.92. The highest BCUT2D eigenvalue weighted by Crippen LogP contribution is 2.36. The van der Waals surface area contributed by atoms with Gasteiger partial charge >= 0.3 is 0 Å². The van der Waals surface area contributed by atoms with Gasteiger partial charge in [0.1, 0.15) is 17.4 Å². The van der Waals surface area contributed by atoms with Crippen molar-refractivity contribution in [1.82, 2.24) is 15.2 Å². The van der Waals surface area contributed by atoms with E-state index in [1.54, 1.807) is 26.1 Å². The summed E-state index contributed by atoms with van der Waals surface area (Å²) >= 11 is 0. The van der Waals surface area contributed by atoms with Crippen molar-refractivity contribution in [3.63, 3.8) is 0 Å². The van der Waals surface area contributed by atoms with E-state index in [9.17, 15) is 14.0 Å². The summed E-state index contributed by atoms with van der Waals surface area (Å²) in [5.41, 5.74) is 1.99. The average molecular weight is 395 g/mol. The lowest BCUT2D eigenvalue weighted by Crippen LogP contribution is -2.46. The summed E-state index contributed by atoms with van der Waals surface area (Å²) in [7, 11) is 1.65. The first-order valence-electron chi connectivity index (χ1n) is 9.61. The second kappa shape index (κ2) is 7.66. The molecule has 1 aliphatic heterocycles. The van der Waals surface area contributed by atoms with Gasteiger partial charge in [0.05, 0.1) is 12.0 Å². The van der Waals surface area contributed by atoms with Gasteiger partial charge in [-0.25, -0.2) is 9.37 Å². The van der Waals surface area contributed by atoms with E-state index in [-0.39, 0.29) is 18.2 Å². The van der Waals surface area contributed by atoms with Crippen LogP contribution in [0, 0.1) is 11.7 Å². The Morgan fingerprint density at radius 3 is 2.83 bits per heavy atom. The molecule has 150 valence electrons. The molecule has 1 fully saturated rings. The van der Waals surface area contributed by atoms with E-state index >= 15 is 0 Å². The molecular formula is C22H22FN3O3. The van der Waals surface area contributed by atoms with Crippen LogP contribution in [0.5, 0.6) is 0 Å². The molecule has 1 aliphatic rings. The topological polar surface area (TPSA) is 75.4 Å². The molecule has 2 aromatic carbocycles. The van der Waals surface area contributed by atoms with Crippen LogP contribution in [-0.4, -0.2) is 28.7 Å². The number of piperidine rings is 1. The minimum absolute atomic E-state index is 0.0599. The van der Waals surface area contributed by atoms with Gasteiger partial charge in [-0.3, -0.25) is 9.59 Å². The SMILES string of the molecule is CC(NC(=O)C1CCC(=O)N(C)C1c1cccc(F)c1)c1nc2ccccc2o1. The van der Waals surface area contributed by atoms with Crippen molar-refractivity contribution in [2.24, 2.45) is 5.92 Å². The predicted molar refractivity (Wildman–Crippen MR) is 105 cm³/mol. The molecule has 0 bridgehead atoms. The Morgan fingerprint density at radius 2 is 2.07 bits per heavy atom. The Bertz CT molecular complexity index is 1030. The third-order valence-corrected chi connectivity index (χ3v) is 5.43. The summed E-state index contributed by atoms with van der Waals surface area (Å²) in [5, 5.41) is 2.95. The molecule has 7 heteroatoms. The van der Waals surface area contributed by atoms with Crippen LogP contribution in [0.1, 0.15) is 43.3 Å². The molecule has 0 spiro atoms. The lowest BCUT2D eigenvalue weighted by atomic mass is 9.83. The Balaban J connectivity index is 1.57. The molecule has 0 aliphatic carbocycles. The molecule has 3 unspecified atom stereocenters. The number of carbonyl (C=O) groups excluding carboxylic acids is 2. The fraction of sp³-hybridized carbons (Fsp3) is 0.318. The number of hydrogen-bond acceptors (Lipinski definition) is 4. The minimum atomic E-state index is -0.525. The van der Waals surface area contributed by atoms with Crippen LogP contribution in [0.15, 0.2) is 52.9 Å². The first-order valence-corrected chi connectivity index (χ1v) is 9.61. The summed E-state index contributed by atoms with van der Waals surface area (Å²) in [6, 6.07) is 12.5. The zero-order valence-electron chi connectivity index (χ0n) is 16.3. The number of likely N-dealkylation sites (tertiary alicyclic amines) is 1. The Morgan fingerprint density at radius 1 is 1.28 bits per heavy atom. The molecule has 1 saturated heterocycles. The summed E-state index contributed by atoms with van der Waals surface area (Å²) in [5.74, 6) is -0.745. The van der Waals surface area contributed by atoms with E-state index in [0.717, 1.165) is 5.52 Å². The number of fused-ring (bicyclic) bond motifs is 1. The largest absolute Gasteiger partial charge is 0.438 e. The van der Waals surface area contributed by atoms with Gasteiger partial charge in [-0.05, 0) is 43.2 Å². The molecule has 29 heavy (non-hydrogen) atoms. The Labute approximate surface area is 167 Å². The zero-order valence-corrected chi connectivity index (χ0v) is 16.3. The van der Waals surface area contributed by atoms with Crippen LogP contribution in [0.2, 0.25) is 0 Å². The van der Waals surface area contributed by atoms with Crippen molar-refractivity contribution in [2.45, 2.75) is 31.8 Å². The van der Waals surface area contributed by atoms with Crippen molar-refractivity contribution in [2.75, 3.05) is 7.05 Å². The van der Waals surface area contributed by atoms with E-state index in [1.165, 1.54) is 17.0 Å². The number of halogens is 1. The number of para-hydroxylation sites is 2. The van der Waals surface area contributed by atoms with Gasteiger partial charge in [0.15, 0.2) is 5.58 Å². The summed E-state index contributed by atoms with van der Waals surface area (Å²) in [6.45, 7) is 1.80. The van der Waals surface area contributed by atoms with Gasteiger partial charge in [0.25, 0.3) is 0 Å². The quantitative estimate of drug-likeness (QED) is 0.730. The molecule has 0 radical (unpaired) electrons. The van der Waals surface area contributed by atoms with Crippen molar-refractivity contribution in [1.29, 1.82) is 0 Å². The zero-order chi connectivity index (χ0) is 20.5. The summed E-state index contributed by atoms with van der Waals surface area (Å²) < 4.78 is 19.5. The normalized spacial score (nSPS) is 20.7. The number of carbonyl (C=O) groups is 2. The van der Waals surface area contributed by atoms with Crippen LogP contribution in [0.3, 0.4) is 0 Å². The molecule has 6 nitrogen and oxygen atoms in total. The molecule has 3 atom stereocenters. The third-order valence-electron chi connectivity index (χ3n) is 5.43. The van der Waals surface area contributed by atoms with Crippen LogP contribution in [0.25, 0.3) is 11.1 Å². The second-order valence-corrected chi connectivity index (χ2v) is 7.40. The highest BCUT2D eigenvalue weighted by molar-refractivity contribution is 5.85.